The molecule has 1 aromatic heterocycles. The molecular formula is C9H11N3O2. The van der Waals surface area contributed by atoms with Crippen molar-refractivity contribution in [2.45, 2.75) is 0 Å². The third-order valence-electron chi connectivity index (χ3n) is 1.54. The van der Waals surface area contributed by atoms with Crippen molar-refractivity contribution in [1.82, 2.24) is 10.4 Å². The lowest BCUT2D eigenvalue weighted by molar-refractivity contribution is -0.116. The third-order valence-corrected chi connectivity index (χ3v) is 1.54. The number of aromatic nitrogens is 1. The van der Waals surface area contributed by atoms with E-state index in [0.29, 0.717) is 11.4 Å². The monoisotopic (exact) mass is 193 g/mol. The van der Waals surface area contributed by atoms with Crippen LogP contribution in [0.3, 0.4) is 0 Å². The first-order valence-corrected chi connectivity index (χ1v) is 3.95. The molecule has 3 N–H and O–H groups in total. The number of nitrogens with one attached hydrogen (secondary N) is 1. The molecule has 0 saturated heterocycles. The van der Waals surface area contributed by atoms with Gasteiger partial charge >= 0.3 is 0 Å². The van der Waals surface area contributed by atoms with E-state index in [4.69, 9.17) is 10.6 Å². The van der Waals surface area contributed by atoms with Crippen molar-refractivity contribution in [3.63, 3.8) is 0 Å². The van der Waals surface area contributed by atoms with Crippen LogP contribution in [0.4, 0.5) is 0 Å². The van der Waals surface area contributed by atoms with Gasteiger partial charge in [-0.15, -0.1) is 0 Å². The summed E-state index contributed by atoms with van der Waals surface area (Å²) in [6.45, 7) is 0. The summed E-state index contributed by atoms with van der Waals surface area (Å²) in [6, 6.07) is 3.49. The van der Waals surface area contributed by atoms with Crippen LogP contribution >= 0.6 is 0 Å². The number of hydrogen-bond acceptors (Lipinski definition) is 4. The quantitative estimate of drug-likeness (QED) is 0.309. The highest BCUT2D eigenvalue weighted by molar-refractivity contribution is 5.90. The van der Waals surface area contributed by atoms with Gasteiger partial charge in [0.05, 0.1) is 19.0 Å². The zero-order valence-electron chi connectivity index (χ0n) is 7.73. The minimum Gasteiger partial charge on any atom is -0.495 e. The van der Waals surface area contributed by atoms with Crippen molar-refractivity contribution in [2.24, 2.45) is 5.84 Å². The summed E-state index contributed by atoms with van der Waals surface area (Å²) in [4.78, 5) is 14.8. The number of nitrogens with zero attached hydrogens (tertiary/aromatic N) is 1. The van der Waals surface area contributed by atoms with Gasteiger partial charge in [0.15, 0.2) is 0 Å². The van der Waals surface area contributed by atoms with Gasteiger partial charge in [0, 0.05) is 6.08 Å². The fourth-order valence-corrected chi connectivity index (χ4v) is 0.820. The number of ether oxygens (including phenoxy) is 1. The smallest absolute Gasteiger partial charge is 0.257 e. The van der Waals surface area contributed by atoms with E-state index in [1.807, 2.05) is 5.43 Å². The Kier molecular flexibility index (Phi) is 3.63. The molecule has 5 heteroatoms. The SMILES string of the molecule is COc1ccc(C=CC(=O)NN)nc1. The standard InChI is InChI=1S/C9H11N3O2/c1-14-8-4-2-7(11-6-8)3-5-9(13)12-10/h2-6H,10H2,1H3,(H,12,13). The van der Waals surface area contributed by atoms with E-state index in [2.05, 4.69) is 4.98 Å². The van der Waals surface area contributed by atoms with Gasteiger partial charge in [-0.25, -0.2) is 5.84 Å². The fourth-order valence-electron chi connectivity index (χ4n) is 0.820. The Balaban J connectivity index is 2.68. The molecule has 1 rings (SSSR count). The molecule has 1 heterocycles. The first-order valence-electron chi connectivity index (χ1n) is 3.95. The van der Waals surface area contributed by atoms with Crippen LogP contribution in [0.5, 0.6) is 5.75 Å². The second-order valence-corrected chi connectivity index (χ2v) is 2.46. The van der Waals surface area contributed by atoms with Crippen molar-refractivity contribution in [1.29, 1.82) is 0 Å². The Morgan fingerprint density at radius 1 is 1.64 bits per heavy atom. The van der Waals surface area contributed by atoms with Crippen LogP contribution in [0.1, 0.15) is 5.69 Å². The summed E-state index contributed by atoms with van der Waals surface area (Å²) in [5.74, 6) is 5.19. The molecule has 0 atom stereocenters. The van der Waals surface area contributed by atoms with Crippen molar-refractivity contribution in [3.05, 3.63) is 30.1 Å². The van der Waals surface area contributed by atoms with Crippen LogP contribution in [-0.4, -0.2) is 18.0 Å². The highest BCUT2D eigenvalue weighted by Crippen LogP contribution is 2.08. The molecule has 0 aliphatic rings. The molecule has 0 fully saturated rings. The topological polar surface area (TPSA) is 77.2 Å². The maximum Gasteiger partial charge on any atom is 0.257 e. The molecule has 0 spiro atoms. The first-order chi connectivity index (χ1) is 6.76. The van der Waals surface area contributed by atoms with Crippen molar-refractivity contribution < 1.29 is 9.53 Å². The number of nitrogens with two attached hydrogens (primary N) is 1. The molecular weight excluding hydrogens is 182 g/mol. The molecule has 0 aliphatic carbocycles. The van der Waals surface area contributed by atoms with E-state index < -0.39 is 0 Å². The Morgan fingerprint density at radius 2 is 2.43 bits per heavy atom. The maximum absolute atomic E-state index is 10.7. The summed E-state index contributed by atoms with van der Waals surface area (Å²) in [6.07, 6.45) is 4.43. The summed E-state index contributed by atoms with van der Waals surface area (Å²) in [7, 11) is 1.56. The van der Waals surface area contributed by atoms with E-state index >= 15 is 0 Å². The Bertz CT molecular complexity index is 332. The number of methoxy groups -OCH3 is 1. The number of hydrazine groups is 1. The van der Waals surface area contributed by atoms with Gasteiger partial charge in [0.1, 0.15) is 5.75 Å². The first kappa shape index (κ1) is 10.2. The molecule has 0 aliphatic heterocycles. The van der Waals surface area contributed by atoms with Gasteiger partial charge in [-0.05, 0) is 18.2 Å². The molecule has 1 aromatic rings. The summed E-state index contributed by atoms with van der Waals surface area (Å²) in [5, 5.41) is 0. The van der Waals surface area contributed by atoms with Crippen LogP contribution in [0, 0.1) is 0 Å². The number of amides is 1. The molecule has 0 aromatic carbocycles. The highest BCUT2D eigenvalue weighted by atomic mass is 16.5. The number of carbonyl (C=O) groups excluding carboxylic acids is 1. The largest absolute Gasteiger partial charge is 0.495 e. The predicted molar refractivity (Wildman–Crippen MR) is 52.2 cm³/mol. The van der Waals surface area contributed by atoms with Gasteiger partial charge in [0.2, 0.25) is 0 Å². The molecule has 0 saturated carbocycles. The number of rotatable bonds is 3. The number of pyridine rings is 1. The summed E-state index contributed by atoms with van der Waals surface area (Å²) in [5.41, 5.74) is 2.64. The summed E-state index contributed by atoms with van der Waals surface area (Å²) < 4.78 is 4.93. The molecule has 5 nitrogen and oxygen atoms in total. The van der Waals surface area contributed by atoms with Gasteiger partial charge in [-0.1, -0.05) is 0 Å². The van der Waals surface area contributed by atoms with Crippen LogP contribution in [0.2, 0.25) is 0 Å². The Labute approximate surface area is 81.6 Å². The van der Waals surface area contributed by atoms with Crippen LogP contribution in [0.15, 0.2) is 24.4 Å². The zero-order valence-corrected chi connectivity index (χ0v) is 7.73. The predicted octanol–water partition coefficient (Wildman–Crippen LogP) is 0.0933. The van der Waals surface area contributed by atoms with Crippen molar-refractivity contribution >= 4 is 12.0 Å². The molecule has 74 valence electrons. The van der Waals surface area contributed by atoms with Gasteiger partial charge in [-0.3, -0.25) is 15.2 Å². The second kappa shape index (κ2) is 4.98. The maximum atomic E-state index is 10.7. The van der Waals surface area contributed by atoms with Crippen molar-refractivity contribution in [3.8, 4) is 5.75 Å². The lowest BCUT2D eigenvalue weighted by atomic mass is 10.3. The second-order valence-electron chi connectivity index (χ2n) is 2.46. The molecule has 0 bridgehead atoms. The Morgan fingerprint density at radius 3 is 2.93 bits per heavy atom. The van der Waals surface area contributed by atoms with Crippen LogP contribution in [0.25, 0.3) is 6.08 Å². The average molecular weight is 193 g/mol. The minimum absolute atomic E-state index is 0.373. The van der Waals surface area contributed by atoms with E-state index in [0.717, 1.165) is 0 Å². The normalized spacial score (nSPS) is 10.1. The summed E-state index contributed by atoms with van der Waals surface area (Å²) >= 11 is 0. The molecule has 0 radical (unpaired) electrons. The van der Waals surface area contributed by atoms with E-state index in [1.165, 1.54) is 6.08 Å². The third kappa shape index (κ3) is 2.87. The lowest BCUT2D eigenvalue weighted by Crippen LogP contribution is -2.27. The lowest BCUT2D eigenvalue weighted by Gasteiger charge is -1.97. The molecule has 14 heavy (non-hydrogen) atoms. The number of hydrogen-bond donors (Lipinski definition) is 2. The van der Waals surface area contributed by atoms with Gasteiger partial charge < -0.3 is 4.74 Å². The van der Waals surface area contributed by atoms with Gasteiger partial charge in [0.25, 0.3) is 5.91 Å². The zero-order chi connectivity index (χ0) is 10.4. The fraction of sp³-hybridized carbons (Fsp3) is 0.111. The van der Waals surface area contributed by atoms with Gasteiger partial charge in [-0.2, -0.15) is 0 Å². The van der Waals surface area contributed by atoms with Crippen molar-refractivity contribution in [2.75, 3.05) is 7.11 Å². The average Bonchev–Trinajstić information content (AvgIpc) is 2.26. The van der Waals surface area contributed by atoms with Crippen LogP contribution in [-0.2, 0) is 4.79 Å². The Hall–Kier alpha value is -1.88. The van der Waals surface area contributed by atoms with E-state index in [9.17, 15) is 4.79 Å². The molecule has 0 unspecified atom stereocenters. The highest BCUT2D eigenvalue weighted by Gasteiger charge is 1.93. The van der Waals surface area contributed by atoms with E-state index in [1.54, 1.807) is 31.5 Å². The van der Waals surface area contributed by atoms with Crippen LogP contribution < -0.4 is 16.0 Å². The molecule has 1 amide bonds. The minimum atomic E-state index is -0.373. The van der Waals surface area contributed by atoms with E-state index in [-0.39, 0.29) is 5.91 Å². The number of carbonyl (C=O) groups is 1.